The molecule has 4 rings (SSSR count). The van der Waals surface area contributed by atoms with Gasteiger partial charge < -0.3 is 9.55 Å². The molecule has 0 aliphatic rings. The zero-order chi connectivity index (χ0) is 13.9. The topological polar surface area (TPSA) is 20.7 Å². The van der Waals surface area contributed by atoms with Gasteiger partial charge in [0.25, 0.3) is 0 Å². The van der Waals surface area contributed by atoms with Crippen molar-refractivity contribution in [1.82, 2.24) is 9.55 Å². The zero-order valence-electron chi connectivity index (χ0n) is 12.1. The summed E-state index contributed by atoms with van der Waals surface area (Å²) in [5.74, 6) is 0. The maximum atomic E-state index is 3.40. The number of para-hydroxylation sites is 1. The molecule has 0 radical (unpaired) electrons. The van der Waals surface area contributed by atoms with Gasteiger partial charge in [0.15, 0.2) is 0 Å². The quantitative estimate of drug-likeness (QED) is 0.503. The first-order valence-electron chi connectivity index (χ1n) is 7.21. The third-order valence-corrected chi connectivity index (χ3v) is 4.54. The van der Waals surface area contributed by atoms with E-state index in [1.54, 1.807) is 0 Å². The average molecular weight is 262 g/mol. The van der Waals surface area contributed by atoms with Gasteiger partial charge in [0, 0.05) is 39.9 Å². The maximum absolute atomic E-state index is 3.40. The maximum Gasteiger partial charge on any atom is 0.0531 e. The second kappa shape index (κ2) is 3.89. The van der Waals surface area contributed by atoms with Crippen LogP contribution in [0.2, 0.25) is 0 Å². The largest absolute Gasteiger partial charge is 0.361 e. The first-order valence-corrected chi connectivity index (χ1v) is 7.21. The van der Waals surface area contributed by atoms with Gasteiger partial charge in [0.2, 0.25) is 0 Å². The van der Waals surface area contributed by atoms with E-state index in [-0.39, 0.29) is 0 Å². The number of rotatable bonds is 1. The monoisotopic (exact) mass is 262 g/mol. The fourth-order valence-electron chi connectivity index (χ4n) is 3.65. The van der Waals surface area contributed by atoms with E-state index >= 15 is 0 Å². The van der Waals surface area contributed by atoms with Crippen LogP contribution in [0.25, 0.3) is 32.7 Å². The van der Waals surface area contributed by atoms with Gasteiger partial charge in [-0.15, -0.1) is 0 Å². The minimum Gasteiger partial charge on any atom is -0.361 e. The normalized spacial score (nSPS) is 11.9. The predicted octanol–water partition coefficient (Wildman–Crippen LogP) is 4.91. The molecular formula is C18H18N2. The molecule has 1 N–H and O–H groups in total. The highest BCUT2D eigenvalue weighted by atomic mass is 15.0. The molecule has 20 heavy (non-hydrogen) atoms. The zero-order valence-corrected chi connectivity index (χ0v) is 12.1. The Morgan fingerprint density at radius 3 is 2.60 bits per heavy atom. The Bertz CT molecular complexity index is 954. The summed E-state index contributed by atoms with van der Waals surface area (Å²) in [4.78, 5) is 3.40. The first kappa shape index (κ1) is 11.6. The molecule has 2 heterocycles. The van der Waals surface area contributed by atoms with E-state index < -0.39 is 0 Å². The van der Waals surface area contributed by atoms with Crippen molar-refractivity contribution in [1.29, 1.82) is 0 Å². The Morgan fingerprint density at radius 2 is 1.80 bits per heavy atom. The lowest BCUT2D eigenvalue weighted by Gasteiger charge is -2.09. The fraction of sp³-hybridized carbons (Fsp3) is 0.222. The van der Waals surface area contributed by atoms with Gasteiger partial charge in [0.05, 0.1) is 5.52 Å². The van der Waals surface area contributed by atoms with E-state index in [9.17, 15) is 0 Å². The van der Waals surface area contributed by atoms with Crippen LogP contribution >= 0.6 is 0 Å². The molecule has 100 valence electrons. The van der Waals surface area contributed by atoms with Gasteiger partial charge >= 0.3 is 0 Å². The van der Waals surface area contributed by atoms with E-state index in [0.717, 1.165) is 6.54 Å². The molecule has 0 aliphatic carbocycles. The molecule has 0 saturated heterocycles. The first-order chi connectivity index (χ1) is 9.74. The van der Waals surface area contributed by atoms with Crippen molar-refractivity contribution in [2.45, 2.75) is 27.3 Å². The molecule has 2 heteroatoms. The van der Waals surface area contributed by atoms with Gasteiger partial charge in [-0.05, 0) is 44.0 Å². The van der Waals surface area contributed by atoms with E-state index in [1.807, 2.05) is 6.20 Å². The standard InChI is InChI=1S/C18H18N2/c1-4-20-15-8-6-5-7-14(15)16-12(3)17-13(9-10-19-17)11(2)18(16)20/h5-10,19H,4H2,1-3H3. The van der Waals surface area contributed by atoms with E-state index in [2.05, 4.69) is 60.7 Å². The number of aromatic nitrogens is 2. The van der Waals surface area contributed by atoms with Crippen molar-refractivity contribution < 1.29 is 0 Å². The lowest BCUT2D eigenvalue weighted by atomic mass is 10.0. The smallest absolute Gasteiger partial charge is 0.0531 e. The van der Waals surface area contributed by atoms with Gasteiger partial charge in [-0.3, -0.25) is 0 Å². The Morgan fingerprint density at radius 1 is 1.00 bits per heavy atom. The highest BCUT2D eigenvalue weighted by molar-refractivity contribution is 6.16. The molecule has 0 aliphatic heterocycles. The number of aromatic amines is 1. The van der Waals surface area contributed by atoms with Crippen LogP contribution in [-0.2, 0) is 6.54 Å². The highest BCUT2D eigenvalue weighted by Gasteiger charge is 2.17. The van der Waals surface area contributed by atoms with Gasteiger partial charge in [0.1, 0.15) is 0 Å². The molecule has 0 spiro atoms. The minimum atomic E-state index is 1.00. The van der Waals surface area contributed by atoms with Gasteiger partial charge in [-0.25, -0.2) is 0 Å². The number of fused-ring (bicyclic) bond motifs is 4. The van der Waals surface area contributed by atoms with Crippen LogP contribution < -0.4 is 0 Å². The van der Waals surface area contributed by atoms with Crippen LogP contribution in [0.4, 0.5) is 0 Å². The SMILES string of the molecule is CCn1c2ccccc2c2c(C)c3[nH]ccc3c(C)c21. The molecule has 0 fully saturated rings. The van der Waals surface area contributed by atoms with Gasteiger partial charge in [-0.1, -0.05) is 18.2 Å². The second-order valence-corrected chi connectivity index (χ2v) is 5.50. The van der Waals surface area contributed by atoms with Crippen LogP contribution in [0.5, 0.6) is 0 Å². The summed E-state index contributed by atoms with van der Waals surface area (Å²) >= 11 is 0. The number of nitrogens with one attached hydrogen (secondary N) is 1. The van der Waals surface area contributed by atoms with E-state index in [0.29, 0.717) is 0 Å². The Balaban J connectivity index is 2.42. The molecule has 2 nitrogen and oxygen atoms in total. The number of hydrogen-bond acceptors (Lipinski definition) is 0. The lowest BCUT2D eigenvalue weighted by Crippen LogP contribution is -1.95. The van der Waals surface area contributed by atoms with Gasteiger partial charge in [-0.2, -0.15) is 0 Å². The van der Waals surface area contributed by atoms with Crippen molar-refractivity contribution in [3.05, 3.63) is 47.7 Å². The van der Waals surface area contributed by atoms with Crippen molar-refractivity contribution in [2.24, 2.45) is 0 Å². The lowest BCUT2D eigenvalue weighted by molar-refractivity contribution is 0.825. The molecule has 0 bridgehead atoms. The summed E-state index contributed by atoms with van der Waals surface area (Å²) in [6.45, 7) is 7.69. The summed E-state index contributed by atoms with van der Waals surface area (Å²) in [7, 11) is 0. The van der Waals surface area contributed by atoms with Crippen molar-refractivity contribution in [2.75, 3.05) is 0 Å². The molecular weight excluding hydrogens is 244 g/mol. The van der Waals surface area contributed by atoms with Crippen LogP contribution in [0.15, 0.2) is 36.5 Å². The van der Waals surface area contributed by atoms with Crippen LogP contribution in [0.3, 0.4) is 0 Å². The van der Waals surface area contributed by atoms with E-state index in [1.165, 1.54) is 43.8 Å². The van der Waals surface area contributed by atoms with E-state index in [4.69, 9.17) is 0 Å². The summed E-state index contributed by atoms with van der Waals surface area (Å²) in [6.07, 6.45) is 2.04. The second-order valence-electron chi connectivity index (χ2n) is 5.50. The summed E-state index contributed by atoms with van der Waals surface area (Å²) in [5.41, 5.74) is 6.73. The number of H-pyrrole nitrogens is 1. The molecule has 4 aromatic rings. The van der Waals surface area contributed by atoms with Crippen LogP contribution in [-0.4, -0.2) is 9.55 Å². The van der Waals surface area contributed by atoms with Crippen LogP contribution in [0, 0.1) is 13.8 Å². The van der Waals surface area contributed by atoms with Crippen molar-refractivity contribution in [3.8, 4) is 0 Å². The third kappa shape index (κ3) is 1.24. The van der Waals surface area contributed by atoms with Crippen LogP contribution in [0.1, 0.15) is 18.1 Å². The van der Waals surface area contributed by atoms with Crippen molar-refractivity contribution in [3.63, 3.8) is 0 Å². The number of hydrogen-bond donors (Lipinski definition) is 1. The molecule has 0 amide bonds. The third-order valence-electron chi connectivity index (χ3n) is 4.54. The Kier molecular flexibility index (Phi) is 2.25. The molecule has 0 unspecified atom stereocenters. The molecule has 0 atom stereocenters. The number of aryl methyl sites for hydroxylation is 3. The molecule has 2 aromatic heterocycles. The average Bonchev–Trinajstić information content (AvgIpc) is 3.07. The Labute approximate surface area is 118 Å². The highest BCUT2D eigenvalue weighted by Crippen LogP contribution is 2.38. The Hall–Kier alpha value is -2.22. The van der Waals surface area contributed by atoms with Crippen molar-refractivity contribution >= 4 is 32.7 Å². The molecule has 2 aromatic carbocycles. The summed E-state index contributed by atoms with van der Waals surface area (Å²) in [5, 5.41) is 4.10. The summed E-state index contributed by atoms with van der Waals surface area (Å²) < 4.78 is 2.44. The minimum absolute atomic E-state index is 1.00. The molecule has 0 saturated carbocycles. The number of nitrogens with zero attached hydrogens (tertiary/aromatic N) is 1. The summed E-state index contributed by atoms with van der Waals surface area (Å²) in [6, 6.07) is 10.9. The fourth-order valence-corrected chi connectivity index (χ4v) is 3.65. The predicted molar refractivity (Wildman–Crippen MR) is 86.4 cm³/mol. The number of benzene rings is 2.